The third kappa shape index (κ3) is 4.28. The minimum atomic E-state index is -0.702. The molecule has 1 atom stereocenters. The number of piperidine rings is 1. The predicted octanol–water partition coefficient (Wildman–Crippen LogP) is 1.51. The molecule has 0 amide bonds. The van der Waals surface area contributed by atoms with Gasteiger partial charge >= 0.3 is 5.97 Å². The van der Waals surface area contributed by atoms with Gasteiger partial charge in [0.2, 0.25) is 0 Å². The van der Waals surface area contributed by atoms with Crippen LogP contribution in [0.3, 0.4) is 0 Å². The first kappa shape index (κ1) is 14.5. The zero-order valence-corrected chi connectivity index (χ0v) is 11.4. The molecule has 0 aliphatic carbocycles. The van der Waals surface area contributed by atoms with Crippen molar-refractivity contribution in [1.82, 2.24) is 9.80 Å². The zero-order chi connectivity index (χ0) is 12.8. The van der Waals surface area contributed by atoms with Gasteiger partial charge in [-0.05, 0) is 51.9 Å². The summed E-state index contributed by atoms with van der Waals surface area (Å²) < 4.78 is 0. The second-order valence-corrected chi connectivity index (χ2v) is 4.98. The summed E-state index contributed by atoms with van der Waals surface area (Å²) in [4.78, 5) is 15.4. The van der Waals surface area contributed by atoms with Gasteiger partial charge in [0.1, 0.15) is 6.04 Å². The number of hydrogen-bond donors (Lipinski definition) is 1. The molecule has 0 spiro atoms. The average Bonchev–Trinajstić information content (AvgIpc) is 2.35. The van der Waals surface area contributed by atoms with Crippen LogP contribution in [0.5, 0.6) is 0 Å². The topological polar surface area (TPSA) is 43.8 Å². The molecule has 1 saturated heterocycles. The van der Waals surface area contributed by atoms with Crippen LogP contribution in [0.25, 0.3) is 0 Å². The number of nitrogens with zero attached hydrogens (tertiary/aromatic N) is 2. The lowest BCUT2D eigenvalue weighted by Gasteiger charge is -2.36. The Kier molecular flexibility index (Phi) is 5.92. The van der Waals surface area contributed by atoms with Crippen molar-refractivity contribution < 1.29 is 9.90 Å². The average molecular weight is 242 g/mol. The van der Waals surface area contributed by atoms with Gasteiger partial charge in [-0.1, -0.05) is 13.8 Å². The Balaban J connectivity index is 2.33. The first-order valence-corrected chi connectivity index (χ1v) is 6.77. The second kappa shape index (κ2) is 6.97. The largest absolute Gasteiger partial charge is 0.480 e. The van der Waals surface area contributed by atoms with E-state index in [9.17, 15) is 4.79 Å². The fraction of sp³-hybridized carbons (Fsp3) is 0.923. The van der Waals surface area contributed by atoms with Crippen LogP contribution >= 0.6 is 0 Å². The molecule has 4 nitrogen and oxygen atoms in total. The number of carbonyl (C=O) groups is 1. The maximum absolute atomic E-state index is 10.9. The van der Waals surface area contributed by atoms with E-state index in [4.69, 9.17) is 5.11 Å². The van der Waals surface area contributed by atoms with Crippen molar-refractivity contribution >= 4 is 5.97 Å². The molecular formula is C13H26N2O2. The van der Waals surface area contributed by atoms with Crippen molar-refractivity contribution in [3.63, 3.8) is 0 Å². The Hall–Kier alpha value is -0.610. The van der Waals surface area contributed by atoms with Crippen molar-refractivity contribution in [1.29, 1.82) is 0 Å². The van der Waals surface area contributed by atoms with Crippen molar-refractivity contribution in [2.75, 3.05) is 32.7 Å². The molecule has 4 heteroatoms. The highest BCUT2D eigenvalue weighted by atomic mass is 16.4. The minimum Gasteiger partial charge on any atom is -0.480 e. The lowest BCUT2D eigenvalue weighted by atomic mass is 9.95. The molecule has 0 aromatic carbocycles. The molecule has 0 radical (unpaired) electrons. The maximum atomic E-state index is 10.9. The fourth-order valence-electron chi connectivity index (χ4n) is 2.53. The summed E-state index contributed by atoms with van der Waals surface area (Å²) in [7, 11) is 0. The van der Waals surface area contributed by atoms with Crippen LogP contribution in [0, 0.1) is 5.92 Å². The van der Waals surface area contributed by atoms with E-state index in [2.05, 4.69) is 23.6 Å². The molecule has 1 aliphatic heterocycles. The molecule has 0 saturated carbocycles. The van der Waals surface area contributed by atoms with Crippen molar-refractivity contribution in [2.24, 2.45) is 5.92 Å². The van der Waals surface area contributed by atoms with Crippen LogP contribution < -0.4 is 0 Å². The molecule has 1 rings (SSSR count). The quantitative estimate of drug-likeness (QED) is 0.767. The molecule has 0 aromatic heterocycles. The normalized spacial score (nSPS) is 20.7. The Morgan fingerprint density at radius 2 is 1.88 bits per heavy atom. The van der Waals surface area contributed by atoms with Gasteiger partial charge in [0.05, 0.1) is 0 Å². The molecule has 17 heavy (non-hydrogen) atoms. The van der Waals surface area contributed by atoms with E-state index in [-0.39, 0.29) is 6.04 Å². The summed E-state index contributed by atoms with van der Waals surface area (Å²) in [5, 5.41) is 8.97. The summed E-state index contributed by atoms with van der Waals surface area (Å²) in [5.74, 6) is 0.0411. The van der Waals surface area contributed by atoms with Gasteiger partial charge in [0.25, 0.3) is 0 Å². The van der Waals surface area contributed by atoms with Gasteiger partial charge in [-0.3, -0.25) is 9.69 Å². The second-order valence-electron chi connectivity index (χ2n) is 4.98. The Labute approximate surface area is 105 Å². The van der Waals surface area contributed by atoms with E-state index in [1.54, 1.807) is 6.92 Å². The van der Waals surface area contributed by atoms with Crippen LogP contribution in [0.4, 0.5) is 0 Å². The van der Waals surface area contributed by atoms with Gasteiger partial charge in [0, 0.05) is 6.54 Å². The van der Waals surface area contributed by atoms with Crippen LogP contribution in [-0.4, -0.2) is 59.6 Å². The van der Waals surface area contributed by atoms with Crippen molar-refractivity contribution in [3.05, 3.63) is 0 Å². The summed E-state index contributed by atoms with van der Waals surface area (Å²) in [6.07, 6.45) is 2.27. The monoisotopic (exact) mass is 242 g/mol. The third-order valence-electron chi connectivity index (χ3n) is 3.97. The zero-order valence-electron chi connectivity index (χ0n) is 11.4. The summed E-state index contributed by atoms with van der Waals surface area (Å²) in [6, 6.07) is -0.329. The number of carboxylic acids is 1. The minimum absolute atomic E-state index is 0.329. The molecule has 0 bridgehead atoms. The van der Waals surface area contributed by atoms with E-state index in [0.717, 1.165) is 44.9 Å². The lowest BCUT2D eigenvalue weighted by molar-refractivity contribution is -0.143. The summed E-state index contributed by atoms with van der Waals surface area (Å²) >= 11 is 0. The SMILES string of the molecule is CCN(CC)CC1CCN(C(C)C(=O)O)CC1. The number of hydrogen-bond acceptors (Lipinski definition) is 3. The van der Waals surface area contributed by atoms with Crippen LogP contribution in [0.15, 0.2) is 0 Å². The molecule has 1 N–H and O–H groups in total. The highest BCUT2D eigenvalue weighted by Gasteiger charge is 2.26. The van der Waals surface area contributed by atoms with Gasteiger partial charge in [-0.15, -0.1) is 0 Å². The third-order valence-corrected chi connectivity index (χ3v) is 3.97. The predicted molar refractivity (Wildman–Crippen MR) is 69.2 cm³/mol. The highest BCUT2D eigenvalue weighted by molar-refractivity contribution is 5.72. The number of carboxylic acid groups (broad SMARTS) is 1. The molecule has 100 valence electrons. The Morgan fingerprint density at radius 3 is 2.29 bits per heavy atom. The van der Waals surface area contributed by atoms with Gasteiger partial charge in [-0.2, -0.15) is 0 Å². The highest BCUT2D eigenvalue weighted by Crippen LogP contribution is 2.20. The van der Waals surface area contributed by atoms with E-state index >= 15 is 0 Å². The van der Waals surface area contributed by atoms with Gasteiger partial charge in [0.15, 0.2) is 0 Å². The summed E-state index contributed by atoms with van der Waals surface area (Å²) in [6.45, 7) is 11.4. The first-order chi connectivity index (χ1) is 8.08. The fourth-order valence-corrected chi connectivity index (χ4v) is 2.53. The van der Waals surface area contributed by atoms with Crippen LogP contribution in [0.1, 0.15) is 33.6 Å². The standard InChI is InChI=1S/C13H26N2O2/c1-4-14(5-2)10-12-6-8-15(9-7-12)11(3)13(16)17/h11-12H,4-10H2,1-3H3,(H,16,17). The number of rotatable bonds is 6. The van der Waals surface area contributed by atoms with Crippen molar-refractivity contribution in [3.8, 4) is 0 Å². The molecule has 1 fully saturated rings. The maximum Gasteiger partial charge on any atom is 0.320 e. The summed E-state index contributed by atoms with van der Waals surface area (Å²) in [5.41, 5.74) is 0. The number of likely N-dealkylation sites (tertiary alicyclic amines) is 1. The van der Waals surface area contributed by atoms with E-state index < -0.39 is 5.97 Å². The van der Waals surface area contributed by atoms with E-state index in [0.29, 0.717) is 0 Å². The molecule has 0 aromatic rings. The van der Waals surface area contributed by atoms with Crippen LogP contribution in [0.2, 0.25) is 0 Å². The Morgan fingerprint density at radius 1 is 1.35 bits per heavy atom. The first-order valence-electron chi connectivity index (χ1n) is 6.77. The molecular weight excluding hydrogens is 216 g/mol. The van der Waals surface area contributed by atoms with Gasteiger partial charge < -0.3 is 10.0 Å². The smallest absolute Gasteiger partial charge is 0.320 e. The molecule has 1 heterocycles. The van der Waals surface area contributed by atoms with Crippen LogP contribution in [-0.2, 0) is 4.79 Å². The van der Waals surface area contributed by atoms with Crippen molar-refractivity contribution in [2.45, 2.75) is 39.7 Å². The number of aliphatic carboxylic acids is 1. The molecule has 1 aliphatic rings. The van der Waals surface area contributed by atoms with E-state index in [1.165, 1.54) is 6.54 Å². The van der Waals surface area contributed by atoms with E-state index in [1.807, 2.05) is 0 Å². The lowest BCUT2D eigenvalue weighted by Crippen LogP contribution is -2.45. The molecule has 1 unspecified atom stereocenters. The van der Waals surface area contributed by atoms with Gasteiger partial charge in [-0.25, -0.2) is 0 Å². The Bertz CT molecular complexity index is 234.